The Kier molecular flexibility index (Phi) is 5.94. The number of fused-ring (bicyclic) bond motifs is 1. The summed E-state index contributed by atoms with van der Waals surface area (Å²) in [5.41, 5.74) is 3.67. The highest BCUT2D eigenvalue weighted by molar-refractivity contribution is 6.35. The van der Waals surface area contributed by atoms with Crippen LogP contribution in [0.4, 0.5) is 11.5 Å². The van der Waals surface area contributed by atoms with Crippen molar-refractivity contribution in [3.63, 3.8) is 0 Å². The standard InChI is InChI=1S/C22H19Cl2N3/c1-4-6-7-15(5-2)21-26-20-10-14(3)8-9-19(20)22(27-21)25-18-12-16(23)11-17(24)13-18/h4-13H,1H2,2-3H3,(H,25,26,27)/b7-6-,15-5+. The van der Waals surface area contributed by atoms with Crippen molar-refractivity contribution in [1.82, 2.24) is 9.97 Å². The van der Waals surface area contributed by atoms with Crippen molar-refractivity contribution in [3.8, 4) is 0 Å². The van der Waals surface area contributed by atoms with Crippen molar-refractivity contribution in [1.29, 1.82) is 0 Å². The minimum Gasteiger partial charge on any atom is -0.340 e. The Bertz CT molecular complexity index is 1050. The van der Waals surface area contributed by atoms with Gasteiger partial charge in [-0.25, -0.2) is 9.97 Å². The molecule has 0 bridgehead atoms. The van der Waals surface area contributed by atoms with Gasteiger partial charge >= 0.3 is 0 Å². The molecule has 0 aliphatic heterocycles. The van der Waals surface area contributed by atoms with Crippen LogP contribution in [0.1, 0.15) is 18.3 Å². The number of benzene rings is 2. The molecule has 0 saturated carbocycles. The highest BCUT2D eigenvalue weighted by atomic mass is 35.5. The molecule has 1 aromatic heterocycles. The van der Waals surface area contributed by atoms with Crippen LogP contribution in [0.5, 0.6) is 0 Å². The Morgan fingerprint density at radius 1 is 1.07 bits per heavy atom. The molecule has 2 aromatic carbocycles. The van der Waals surface area contributed by atoms with Gasteiger partial charge in [-0.05, 0) is 49.7 Å². The van der Waals surface area contributed by atoms with Gasteiger partial charge in [0.1, 0.15) is 5.82 Å². The number of rotatable bonds is 5. The molecule has 136 valence electrons. The van der Waals surface area contributed by atoms with Crippen molar-refractivity contribution in [2.45, 2.75) is 13.8 Å². The van der Waals surface area contributed by atoms with Gasteiger partial charge in [0.2, 0.25) is 0 Å². The van der Waals surface area contributed by atoms with Gasteiger partial charge < -0.3 is 5.32 Å². The lowest BCUT2D eigenvalue weighted by Crippen LogP contribution is -2.01. The van der Waals surface area contributed by atoms with E-state index in [1.54, 1.807) is 12.1 Å². The van der Waals surface area contributed by atoms with Crippen LogP contribution in [-0.4, -0.2) is 9.97 Å². The number of aryl methyl sites for hydroxylation is 1. The molecule has 1 heterocycles. The molecule has 0 spiro atoms. The van der Waals surface area contributed by atoms with Crippen molar-refractivity contribution in [3.05, 3.63) is 88.7 Å². The first-order valence-corrected chi connectivity index (χ1v) is 9.23. The van der Waals surface area contributed by atoms with Gasteiger partial charge in [0.15, 0.2) is 5.82 Å². The topological polar surface area (TPSA) is 37.8 Å². The molecule has 3 rings (SSSR count). The minimum absolute atomic E-state index is 0.558. The monoisotopic (exact) mass is 395 g/mol. The van der Waals surface area contributed by atoms with Gasteiger partial charge in [0, 0.05) is 26.7 Å². The van der Waals surface area contributed by atoms with Gasteiger partial charge in [0.05, 0.1) is 5.52 Å². The van der Waals surface area contributed by atoms with Crippen LogP contribution in [0.15, 0.2) is 67.3 Å². The second-order valence-electron chi connectivity index (χ2n) is 6.04. The fourth-order valence-electron chi connectivity index (χ4n) is 2.70. The third-order valence-electron chi connectivity index (χ3n) is 3.96. The summed E-state index contributed by atoms with van der Waals surface area (Å²) in [4.78, 5) is 9.49. The van der Waals surface area contributed by atoms with Gasteiger partial charge in [-0.3, -0.25) is 0 Å². The summed E-state index contributed by atoms with van der Waals surface area (Å²) >= 11 is 12.3. The van der Waals surface area contributed by atoms with E-state index in [1.807, 2.05) is 62.4 Å². The van der Waals surface area contributed by atoms with E-state index >= 15 is 0 Å². The summed E-state index contributed by atoms with van der Waals surface area (Å²) in [6.45, 7) is 7.72. The van der Waals surface area contributed by atoms with Crippen LogP contribution in [0.3, 0.4) is 0 Å². The van der Waals surface area contributed by atoms with E-state index < -0.39 is 0 Å². The van der Waals surface area contributed by atoms with Crippen molar-refractivity contribution >= 4 is 51.2 Å². The Balaban J connectivity index is 2.17. The molecule has 5 heteroatoms. The van der Waals surface area contributed by atoms with Crippen LogP contribution < -0.4 is 5.32 Å². The quantitative estimate of drug-likeness (QED) is 0.466. The molecular weight excluding hydrogens is 377 g/mol. The molecule has 0 aliphatic carbocycles. The predicted octanol–water partition coefficient (Wildman–Crippen LogP) is 7.13. The molecule has 0 saturated heterocycles. The van der Waals surface area contributed by atoms with E-state index in [-0.39, 0.29) is 0 Å². The number of allylic oxidation sites excluding steroid dienone is 5. The summed E-state index contributed by atoms with van der Waals surface area (Å²) in [7, 11) is 0. The van der Waals surface area contributed by atoms with E-state index in [0.29, 0.717) is 21.7 Å². The second kappa shape index (κ2) is 8.38. The summed E-state index contributed by atoms with van der Waals surface area (Å²) in [6.07, 6.45) is 7.49. The van der Waals surface area contributed by atoms with Crippen molar-refractivity contribution < 1.29 is 0 Å². The number of halogens is 2. The first-order chi connectivity index (χ1) is 13.0. The van der Waals surface area contributed by atoms with Crippen LogP contribution in [0, 0.1) is 6.92 Å². The summed E-state index contributed by atoms with van der Waals surface area (Å²) in [5, 5.41) is 5.37. The Morgan fingerprint density at radius 2 is 1.81 bits per heavy atom. The summed E-state index contributed by atoms with van der Waals surface area (Å²) in [5.74, 6) is 1.32. The minimum atomic E-state index is 0.558. The number of nitrogens with one attached hydrogen (secondary N) is 1. The first kappa shape index (κ1) is 19.2. The average Bonchev–Trinajstić information content (AvgIpc) is 2.61. The fraction of sp³-hybridized carbons (Fsp3) is 0.0909. The maximum Gasteiger partial charge on any atom is 0.161 e. The van der Waals surface area contributed by atoms with E-state index in [9.17, 15) is 0 Å². The zero-order valence-corrected chi connectivity index (χ0v) is 16.6. The lowest BCUT2D eigenvalue weighted by molar-refractivity contribution is 1.16. The van der Waals surface area contributed by atoms with Crippen molar-refractivity contribution in [2.24, 2.45) is 0 Å². The average molecular weight is 396 g/mol. The van der Waals surface area contributed by atoms with Crippen LogP contribution in [0.25, 0.3) is 16.5 Å². The van der Waals surface area contributed by atoms with Gasteiger partial charge in [-0.1, -0.05) is 60.2 Å². The van der Waals surface area contributed by atoms with E-state index in [2.05, 4.69) is 11.9 Å². The fourth-order valence-corrected chi connectivity index (χ4v) is 3.22. The number of aromatic nitrogens is 2. The summed E-state index contributed by atoms with van der Waals surface area (Å²) in [6, 6.07) is 11.4. The predicted molar refractivity (Wildman–Crippen MR) is 117 cm³/mol. The Hall–Kier alpha value is -2.62. The third-order valence-corrected chi connectivity index (χ3v) is 4.40. The molecule has 0 amide bonds. The largest absolute Gasteiger partial charge is 0.340 e. The number of anilines is 2. The number of nitrogens with zero attached hydrogens (tertiary/aromatic N) is 2. The molecular formula is C22H19Cl2N3. The highest BCUT2D eigenvalue weighted by Crippen LogP contribution is 2.29. The summed E-state index contributed by atoms with van der Waals surface area (Å²) < 4.78 is 0. The van der Waals surface area contributed by atoms with Crippen molar-refractivity contribution in [2.75, 3.05) is 5.32 Å². The van der Waals surface area contributed by atoms with E-state index in [4.69, 9.17) is 33.2 Å². The van der Waals surface area contributed by atoms with Crippen LogP contribution in [-0.2, 0) is 0 Å². The molecule has 0 unspecified atom stereocenters. The lowest BCUT2D eigenvalue weighted by atomic mass is 10.1. The molecule has 0 aliphatic rings. The van der Waals surface area contributed by atoms with Gasteiger partial charge in [-0.15, -0.1) is 0 Å². The number of hydrogen-bond acceptors (Lipinski definition) is 3. The molecule has 1 N–H and O–H groups in total. The van der Waals surface area contributed by atoms with E-state index in [1.165, 1.54) is 0 Å². The zero-order valence-electron chi connectivity index (χ0n) is 15.1. The molecule has 0 radical (unpaired) electrons. The molecule has 3 nitrogen and oxygen atoms in total. The second-order valence-corrected chi connectivity index (χ2v) is 6.91. The zero-order chi connectivity index (χ0) is 19.4. The van der Waals surface area contributed by atoms with E-state index in [0.717, 1.165) is 27.7 Å². The third kappa shape index (κ3) is 4.57. The molecule has 27 heavy (non-hydrogen) atoms. The normalized spacial score (nSPS) is 11.9. The van der Waals surface area contributed by atoms with Crippen LogP contribution >= 0.6 is 23.2 Å². The van der Waals surface area contributed by atoms with Gasteiger partial charge in [-0.2, -0.15) is 0 Å². The van der Waals surface area contributed by atoms with Crippen LogP contribution in [0.2, 0.25) is 10.0 Å². The van der Waals surface area contributed by atoms with Gasteiger partial charge in [0.25, 0.3) is 0 Å². The number of hydrogen-bond donors (Lipinski definition) is 1. The Morgan fingerprint density at radius 3 is 2.48 bits per heavy atom. The smallest absolute Gasteiger partial charge is 0.161 e. The SMILES string of the molecule is C=C/C=C\C(=C/C)c1nc(Nc2cc(Cl)cc(Cl)c2)c2ccc(C)cc2n1. The highest BCUT2D eigenvalue weighted by Gasteiger charge is 2.11. The Labute approximate surface area is 169 Å². The molecule has 3 aromatic rings. The molecule has 0 fully saturated rings. The first-order valence-electron chi connectivity index (χ1n) is 8.47. The molecule has 0 atom stereocenters. The maximum absolute atomic E-state index is 6.13. The maximum atomic E-state index is 6.13. The lowest BCUT2D eigenvalue weighted by Gasteiger charge is -2.12.